The van der Waals surface area contributed by atoms with Crippen LogP contribution in [0.25, 0.3) is 17.0 Å². The lowest BCUT2D eigenvalue weighted by atomic mass is 10.1. The number of carbonyl (C=O) groups excluding carboxylic acids is 1. The maximum atomic E-state index is 12.4. The van der Waals surface area contributed by atoms with E-state index >= 15 is 0 Å². The van der Waals surface area contributed by atoms with Crippen molar-refractivity contribution in [2.45, 2.75) is 24.4 Å². The van der Waals surface area contributed by atoms with E-state index in [0.717, 1.165) is 31.5 Å². The number of nitrogens with zero attached hydrogens (tertiary/aromatic N) is 4. The summed E-state index contributed by atoms with van der Waals surface area (Å²) in [5.74, 6) is 0.815. The van der Waals surface area contributed by atoms with E-state index in [2.05, 4.69) is 15.2 Å². The molecule has 8 heteroatoms. The molecule has 3 heterocycles. The lowest BCUT2D eigenvalue weighted by molar-refractivity contribution is -0.129. The van der Waals surface area contributed by atoms with Crippen molar-refractivity contribution in [1.29, 1.82) is 0 Å². The van der Waals surface area contributed by atoms with E-state index in [1.54, 1.807) is 4.40 Å². The van der Waals surface area contributed by atoms with E-state index in [1.165, 1.54) is 24.2 Å². The Morgan fingerprint density at radius 2 is 1.88 bits per heavy atom. The molecule has 1 amide bonds. The summed E-state index contributed by atoms with van der Waals surface area (Å²) < 4.78 is 1.80. The van der Waals surface area contributed by atoms with Gasteiger partial charge >= 0.3 is 0 Å². The van der Waals surface area contributed by atoms with E-state index in [4.69, 9.17) is 0 Å². The van der Waals surface area contributed by atoms with Gasteiger partial charge in [-0.3, -0.25) is 19.0 Å². The number of benzene rings is 1. The van der Waals surface area contributed by atoms with Crippen molar-refractivity contribution >= 4 is 23.4 Å². The van der Waals surface area contributed by atoms with Crippen molar-refractivity contribution < 1.29 is 4.79 Å². The number of likely N-dealkylation sites (tertiary alicyclic amines) is 1. The Hall–Kier alpha value is -2.61. The highest BCUT2D eigenvalue weighted by Crippen LogP contribution is 2.24. The fourth-order valence-electron chi connectivity index (χ4n) is 3.18. The lowest BCUT2D eigenvalue weighted by Gasteiger charge is -2.26. The average molecular weight is 369 g/mol. The Balaban J connectivity index is 1.64. The van der Waals surface area contributed by atoms with E-state index < -0.39 is 0 Å². The van der Waals surface area contributed by atoms with Crippen LogP contribution in [0.1, 0.15) is 19.3 Å². The van der Waals surface area contributed by atoms with Crippen LogP contribution in [0.2, 0.25) is 0 Å². The first-order chi connectivity index (χ1) is 12.7. The predicted molar refractivity (Wildman–Crippen MR) is 100 cm³/mol. The predicted octanol–water partition coefficient (Wildman–Crippen LogP) is 2.19. The summed E-state index contributed by atoms with van der Waals surface area (Å²) in [4.78, 5) is 29.0. The van der Waals surface area contributed by atoms with E-state index in [1.807, 2.05) is 35.2 Å². The Bertz CT molecular complexity index is 976. The summed E-state index contributed by atoms with van der Waals surface area (Å²) >= 11 is 1.35. The molecule has 4 rings (SSSR count). The van der Waals surface area contributed by atoms with Crippen LogP contribution in [0.5, 0.6) is 0 Å². The fourth-order valence-corrected chi connectivity index (χ4v) is 4.03. The first-order valence-corrected chi connectivity index (χ1v) is 9.65. The number of H-pyrrole nitrogens is 1. The second-order valence-electron chi connectivity index (χ2n) is 6.26. The molecule has 1 aliphatic heterocycles. The maximum Gasteiger partial charge on any atom is 0.252 e. The second-order valence-corrected chi connectivity index (χ2v) is 7.20. The standard InChI is InChI=1S/C18H19N5O2S/c24-15-11-14(13-7-3-1-4-8-13)23-17(19-15)20-21-18(23)26-12-16(25)22-9-5-2-6-10-22/h1,3-4,7-8,11H,2,5-6,9-10,12H2,(H,19,20,24). The molecular weight excluding hydrogens is 350 g/mol. The highest BCUT2D eigenvalue weighted by molar-refractivity contribution is 7.99. The number of carbonyl (C=O) groups is 1. The number of hydrogen-bond donors (Lipinski definition) is 1. The third kappa shape index (κ3) is 3.37. The molecule has 7 nitrogen and oxygen atoms in total. The molecule has 0 radical (unpaired) electrons. The zero-order chi connectivity index (χ0) is 17.9. The molecule has 134 valence electrons. The van der Waals surface area contributed by atoms with Gasteiger partial charge in [-0.05, 0) is 24.8 Å². The van der Waals surface area contributed by atoms with Gasteiger partial charge in [-0.2, -0.15) is 0 Å². The molecule has 26 heavy (non-hydrogen) atoms. The Kier molecular flexibility index (Phi) is 4.75. The van der Waals surface area contributed by atoms with E-state index in [0.29, 0.717) is 22.4 Å². The molecule has 0 saturated carbocycles. The number of nitrogens with one attached hydrogen (secondary N) is 1. The number of rotatable bonds is 4. The number of thioether (sulfide) groups is 1. The molecule has 1 aromatic carbocycles. The van der Waals surface area contributed by atoms with Crippen LogP contribution in [0.15, 0.2) is 46.3 Å². The third-order valence-electron chi connectivity index (χ3n) is 4.48. The topological polar surface area (TPSA) is 83.4 Å². The number of aromatic nitrogens is 4. The SMILES string of the molecule is O=C(CSc1nnc2[nH]c(=O)cc(-c3ccccc3)n12)N1CCCCC1. The van der Waals surface area contributed by atoms with Gasteiger partial charge in [0, 0.05) is 19.2 Å². The smallest absolute Gasteiger partial charge is 0.252 e. The molecule has 0 aliphatic carbocycles. The van der Waals surface area contributed by atoms with Crippen LogP contribution in [0, 0.1) is 0 Å². The lowest BCUT2D eigenvalue weighted by Crippen LogP contribution is -2.36. The first-order valence-electron chi connectivity index (χ1n) is 8.67. The Morgan fingerprint density at radius 1 is 1.12 bits per heavy atom. The zero-order valence-corrected chi connectivity index (χ0v) is 15.0. The van der Waals surface area contributed by atoms with E-state index in [-0.39, 0.29) is 11.5 Å². The molecule has 2 aromatic heterocycles. The molecule has 0 unspecified atom stereocenters. The number of aromatic amines is 1. The molecule has 1 aliphatic rings. The van der Waals surface area contributed by atoms with Crippen LogP contribution >= 0.6 is 11.8 Å². The van der Waals surface area contributed by atoms with Crippen molar-refractivity contribution in [2.24, 2.45) is 0 Å². The van der Waals surface area contributed by atoms with Crippen molar-refractivity contribution in [3.8, 4) is 11.3 Å². The Labute approximate surface area is 154 Å². The van der Waals surface area contributed by atoms with Crippen LogP contribution in [-0.2, 0) is 4.79 Å². The highest BCUT2D eigenvalue weighted by atomic mass is 32.2. The molecule has 1 fully saturated rings. The van der Waals surface area contributed by atoms with Crippen LogP contribution in [-0.4, -0.2) is 49.2 Å². The highest BCUT2D eigenvalue weighted by Gasteiger charge is 2.19. The molecule has 1 N–H and O–H groups in total. The van der Waals surface area contributed by atoms with Gasteiger partial charge in [0.15, 0.2) is 5.16 Å². The summed E-state index contributed by atoms with van der Waals surface area (Å²) in [5.41, 5.74) is 1.37. The number of amides is 1. The molecular formula is C18H19N5O2S. The number of hydrogen-bond acceptors (Lipinski definition) is 5. The minimum atomic E-state index is -0.232. The summed E-state index contributed by atoms with van der Waals surface area (Å²) in [6.45, 7) is 1.67. The van der Waals surface area contributed by atoms with Crippen molar-refractivity contribution in [1.82, 2.24) is 24.5 Å². The van der Waals surface area contributed by atoms with Gasteiger partial charge in [0.1, 0.15) is 0 Å². The summed E-state index contributed by atoms with van der Waals surface area (Å²) in [6, 6.07) is 11.1. The monoisotopic (exact) mass is 369 g/mol. The minimum absolute atomic E-state index is 0.122. The largest absolute Gasteiger partial charge is 0.342 e. The van der Waals surface area contributed by atoms with Gasteiger partial charge in [-0.25, -0.2) is 0 Å². The van der Waals surface area contributed by atoms with Gasteiger partial charge in [-0.1, -0.05) is 42.1 Å². The van der Waals surface area contributed by atoms with Crippen molar-refractivity contribution in [3.63, 3.8) is 0 Å². The normalized spacial score (nSPS) is 14.7. The van der Waals surface area contributed by atoms with Gasteiger partial charge < -0.3 is 4.90 Å². The third-order valence-corrected chi connectivity index (χ3v) is 5.39. The van der Waals surface area contributed by atoms with Gasteiger partial charge in [0.25, 0.3) is 5.56 Å². The van der Waals surface area contributed by atoms with Crippen molar-refractivity contribution in [2.75, 3.05) is 18.8 Å². The van der Waals surface area contributed by atoms with Gasteiger partial charge in [0.2, 0.25) is 11.7 Å². The van der Waals surface area contributed by atoms with Crippen LogP contribution in [0.3, 0.4) is 0 Å². The number of piperidine rings is 1. The van der Waals surface area contributed by atoms with Crippen molar-refractivity contribution in [3.05, 3.63) is 46.8 Å². The molecule has 0 spiro atoms. The van der Waals surface area contributed by atoms with Gasteiger partial charge in [-0.15, -0.1) is 10.2 Å². The molecule has 1 saturated heterocycles. The van der Waals surface area contributed by atoms with Gasteiger partial charge in [0.05, 0.1) is 11.4 Å². The second kappa shape index (κ2) is 7.33. The quantitative estimate of drug-likeness (QED) is 0.713. The maximum absolute atomic E-state index is 12.4. The minimum Gasteiger partial charge on any atom is -0.342 e. The molecule has 0 bridgehead atoms. The zero-order valence-electron chi connectivity index (χ0n) is 14.2. The van der Waals surface area contributed by atoms with E-state index in [9.17, 15) is 9.59 Å². The number of fused-ring (bicyclic) bond motifs is 1. The molecule has 3 aromatic rings. The fraction of sp³-hybridized carbons (Fsp3) is 0.333. The summed E-state index contributed by atoms with van der Waals surface area (Å²) in [5, 5.41) is 8.84. The average Bonchev–Trinajstić information content (AvgIpc) is 3.09. The van der Waals surface area contributed by atoms with Crippen LogP contribution in [0.4, 0.5) is 0 Å². The summed E-state index contributed by atoms with van der Waals surface area (Å²) in [7, 11) is 0. The molecule has 0 atom stereocenters. The first kappa shape index (κ1) is 16.8. The summed E-state index contributed by atoms with van der Waals surface area (Å²) in [6.07, 6.45) is 3.34. The Morgan fingerprint density at radius 3 is 2.65 bits per heavy atom. The van der Waals surface area contributed by atoms with Crippen LogP contribution < -0.4 is 5.56 Å².